The minimum atomic E-state index is -1.71. The summed E-state index contributed by atoms with van der Waals surface area (Å²) in [7, 11) is 0. The minimum absolute atomic E-state index is 0. The Morgan fingerprint density at radius 3 is 1.77 bits per heavy atom. The zero-order valence-electron chi connectivity index (χ0n) is 13.7. The van der Waals surface area contributed by atoms with E-state index in [0.717, 1.165) is 0 Å². The van der Waals surface area contributed by atoms with E-state index in [2.05, 4.69) is 0 Å². The smallest absolute Gasteiger partial charge is 0.262 e. The van der Waals surface area contributed by atoms with Crippen LogP contribution < -0.4 is 0 Å². The predicted molar refractivity (Wildman–Crippen MR) is 70.7 cm³/mol. The van der Waals surface area contributed by atoms with E-state index in [0.29, 0.717) is 4.90 Å². The van der Waals surface area contributed by atoms with Gasteiger partial charge in [0.15, 0.2) is 6.29 Å². The van der Waals surface area contributed by atoms with Gasteiger partial charge in [-0.05, 0) is 12.1 Å². The van der Waals surface area contributed by atoms with Crippen molar-refractivity contribution in [1.82, 2.24) is 4.90 Å². The number of hydrogen-bond donors (Lipinski definition) is 4. The molecule has 5 atom stereocenters. The van der Waals surface area contributed by atoms with Gasteiger partial charge >= 0.3 is 0 Å². The average molecular weight is 1220 g/mol. The number of imide groups is 1. The van der Waals surface area contributed by atoms with Gasteiger partial charge in [0.2, 0.25) is 0 Å². The van der Waals surface area contributed by atoms with E-state index in [1.54, 1.807) is 12.1 Å². The summed E-state index contributed by atoms with van der Waals surface area (Å²) in [6.45, 7) is -0.621. The first-order valence-electron chi connectivity index (χ1n) is 6.74. The van der Waals surface area contributed by atoms with Crippen LogP contribution >= 0.6 is 0 Å². The Morgan fingerprint density at radius 2 is 1.35 bits per heavy atom. The number of nitrogens with zero attached hydrogens (tertiary/aromatic N) is 1. The third kappa shape index (κ3) is 6.25. The van der Waals surface area contributed by atoms with Crippen LogP contribution in [0.4, 0.5) is 0 Å². The zero-order chi connectivity index (χ0) is 16.0. The standard InChI is InChI=1S/C14H15NO7.4Ac/c16-5-8-10(17)11(18)9(14(21)22-8)15-12(19)6-3-1-2-4-7(6)13(15)20;;;;/h1-4,8-11,14,16-18,21H,5H2;;;;. The number of fused-ring (bicyclic) bond motifs is 1. The molecule has 1 aromatic rings. The van der Waals surface area contributed by atoms with Gasteiger partial charge in [-0.3, -0.25) is 14.5 Å². The third-order valence-electron chi connectivity index (χ3n) is 3.99. The van der Waals surface area contributed by atoms with Crippen molar-refractivity contribution in [3.05, 3.63) is 35.4 Å². The van der Waals surface area contributed by atoms with Crippen molar-refractivity contribution in [3.63, 3.8) is 0 Å². The minimum Gasteiger partial charge on any atom is -0.394 e. The van der Waals surface area contributed by atoms with Crippen molar-refractivity contribution in [2.24, 2.45) is 0 Å². The van der Waals surface area contributed by atoms with Crippen LogP contribution in [0.15, 0.2) is 24.3 Å². The quantitative estimate of drug-likeness (QED) is 0.255. The van der Waals surface area contributed by atoms with Crippen molar-refractivity contribution in [2.45, 2.75) is 30.6 Å². The summed E-state index contributed by atoms with van der Waals surface area (Å²) >= 11 is 0. The molecule has 3 rings (SSSR count). The third-order valence-corrected chi connectivity index (χ3v) is 3.99. The summed E-state index contributed by atoms with van der Waals surface area (Å²) in [4.78, 5) is 25.4. The van der Waals surface area contributed by atoms with Crippen molar-refractivity contribution in [1.29, 1.82) is 0 Å². The molecule has 0 bridgehead atoms. The molecule has 12 heteroatoms. The Labute approximate surface area is 293 Å². The largest absolute Gasteiger partial charge is 0.394 e. The fourth-order valence-electron chi connectivity index (χ4n) is 2.84. The maximum Gasteiger partial charge on any atom is 0.262 e. The molecule has 0 aliphatic carbocycles. The van der Waals surface area contributed by atoms with Crippen LogP contribution in [0, 0.1) is 176 Å². The molecule has 2 aliphatic rings. The van der Waals surface area contributed by atoms with E-state index in [-0.39, 0.29) is 187 Å². The van der Waals surface area contributed by atoms with Crippen LogP contribution in [0.5, 0.6) is 0 Å². The van der Waals surface area contributed by atoms with Crippen LogP contribution in [0.3, 0.4) is 0 Å². The van der Waals surface area contributed by atoms with E-state index >= 15 is 0 Å². The Balaban J connectivity index is 0. The predicted octanol–water partition coefficient (Wildman–Crippen LogP) is -1.92. The van der Waals surface area contributed by atoms with E-state index in [1.807, 2.05) is 0 Å². The van der Waals surface area contributed by atoms with Gasteiger partial charge < -0.3 is 25.2 Å². The number of aliphatic hydroxyl groups is 4. The number of carbonyl (C=O) groups excluding carboxylic acids is 2. The van der Waals surface area contributed by atoms with Gasteiger partial charge in [-0.1, -0.05) is 12.1 Å². The first kappa shape index (κ1) is 32.1. The summed E-state index contributed by atoms with van der Waals surface area (Å²) < 4.78 is 4.99. The zero-order valence-corrected chi connectivity index (χ0v) is 32.7. The summed E-state index contributed by atoms with van der Waals surface area (Å²) in [5, 5.41) is 39.0. The Hall–Kier alpha value is 3.93. The summed E-state index contributed by atoms with van der Waals surface area (Å²) in [5.41, 5.74) is 0.316. The van der Waals surface area contributed by atoms with Gasteiger partial charge in [0, 0.05) is 176 Å². The Morgan fingerprint density at radius 1 is 0.885 bits per heavy atom. The molecule has 0 aromatic heterocycles. The molecule has 0 saturated carbocycles. The molecule has 4 N–H and O–H groups in total. The number of rotatable bonds is 2. The Bertz CT molecular complexity index is 600. The molecule has 1 aromatic carbocycles. The molecular weight excluding hydrogens is 1200 g/mol. The normalized spacial score (nSPS) is 29.5. The number of ether oxygens (including phenoxy) is 1. The topological polar surface area (TPSA) is 128 Å². The number of hydrogen-bond acceptors (Lipinski definition) is 7. The second-order valence-corrected chi connectivity index (χ2v) is 5.25. The molecule has 5 unspecified atom stereocenters. The fourth-order valence-corrected chi connectivity index (χ4v) is 2.84. The maximum atomic E-state index is 12.4. The van der Waals surface area contributed by atoms with Crippen LogP contribution in [0.2, 0.25) is 0 Å². The molecule has 26 heavy (non-hydrogen) atoms. The monoisotopic (exact) mass is 1220 g/mol. The first-order valence-corrected chi connectivity index (χ1v) is 6.74. The molecule has 4 radical (unpaired) electrons. The van der Waals surface area contributed by atoms with Gasteiger partial charge in [0.05, 0.1) is 17.7 Å². The number of carbonyl (C=O) groups is 2. The fraction of sp³-hybridized carbons (Fsp3) is 0.429. The average Bonchev–Trinajstić information content (AvgIpc) is 2.77. The molecule has 8 nitrogen and oxygen atoms in total. The molecule has 2 heterocycles. The van der Waals surface area contributed by atoms with Crippen molar-refractivity contribution in [3.8, 4) is 0 Å². The van der Waals surface area contributed by atoms with E-state index in [4.69, 9.17) is 9.84 Å². The second-order valence-electron chi connectivity index (χ2n) is 5.25. The van der Waals surface area contributed by atoms with Crippen LogP contribution in [0.25, 0.3) is 0 Å². The van der Waals surface area contributed by atoms with Gasteiger partial charge in [-0.15, -0.1) is 0 Å². The van der Waals surface area contributed by atoms with Crippen molar-refractivity contribution >= 4 is 11.8 Å². The van der Waals surface area contributed by atoms with Crippen LogP contribution in [0.1, 0.15) is 20.7 Å². The van der Waals surface area contributed by atoms with Gasteiger partial charge in [-0.25, -0.2) is 0 Å². The van der Waals surface area contributed by atoms with Crippen molar-refractivity contribution in [2.75, 3.05) is 6.61 Å². The van der Waals surface area contributed by atoms with E-state index in [9.17, 15) is 24.9 Å². The summed E-state index contributed by atoms with van der Waals surface area (Å²) in [6, 6.07) is 4.66. The SMILES string of the molecule is O=C1c2ccccc2C(=O)N1C1C(O)OC(CO)C(O)C1O.[Ac].[Ac].[Ac].[Ac]. The summed E-state index contributed by atoms with van der Waals surface area (Å²) in [6.07, 6.45) is -6.08. The number of aliphatic hydroxyl groups excluding tert-OH is 4. The number of amides is 2. The molecule has 1 fully saturated rings. The van der Waals surface area contributed by atoms with Crippen molar-refractivity contribution < 1.29 is 211 Å². The maximum absolute atomic E-state index is 12.4. The number of benzene rings is 1. The van der Waals surface area contributed by atoms with Gasteiger partial charge in [0.1, 0.15) is 24.4 Å². The molecule has 1 saturated heterocycles. The molecule has 2 aliphatic heterocycles. The van der Waals surface area contributed by atoms with Gasteiger partial charge in [0.25, 0.3) is 11.8 Å². The molecular formula is C14H15Ac4NO7. The van der Waals surface area contributed by atoms with Crippen LogP contribution in [-0.2, 0) is 4.74 Å². The van der Waals surface area contributed by atoms with E-state index in [1.165, 1.54) is 12.1 Å². The molecule has 0 spiro atoms. The second kappa shape index (κ2) is 14.2. The molecule has 2 amide bonds. The van der Waals surface area contributed by atoms with E-state index < -0.39 is 49.1 Å². The van der Waals surface area contributed by atoms with Gasteiger partial charge in [-0.2, -0.15) is 0 Å². The molecule has 130 valence electrons. The first-order chi connectivity index (χ1) is 10.5. The summed E-state index contributed by atoms with van der Waals surface area (Å²) in [5.74, 6) is -1.36. The Kier molecular flexibility index (Phi) is 17.5. The van der Waals surface area contributed by atoms with Crippen LogP contribution in [-0.4, -0.2) is 74.4 Å².